The Hall–Kier alpha value is -3.42. The predicted octanol–water partition coefficient (Wildman–Crippen LogP) is 3.56. The van der Waals surface area contributed by atoms with Crippen LogP contribution in [0.2, 0.25) is 0 Å². The van der Waals surface area contributed by atoms with Crippen molar-refractivity contribution in [1.29, 1.82) is 0 Å². The number of piperazine rings is 1. The second-order valence-corrected chi connectivity index (χ2v) is 9.14. The Balaban J connectivity index is 1.62. The van der Waals surface area contributed by atoms with E-state index in [-0.39, 0.29) is 18.0 Å². The molecule has 36 heavy (non-hydrogen) atoms. The molecule has 0 spiro atoms. The molecule has 2 unspecified atom stereocenters. The number of amides is 1. The summed E-state index contributed by atoms with van der Waals surface area (Å²) in [6.07, 6.45) is 6.86. The number of hydrogen-bond donors (Lipinski definition) is 2. The van der Waals surface area contributed by atoms with Crippen molar-refractivity contribution in [3.8, 4) is 0 Å². The van der Waals surface area contributed by atoms with Gasteiger partial charge in [0, 0.05) is 44.0 Å². The van der Waals surface area contributed by atoms with Crippen molar-refractivity contribution in [2.75, 3.05) is 27.2 Å². The first kappa shape index (κ1) is 27.2. The van der Waals surface area contributed by atoms with Crippen molar-refractivity contribution < 1.29 is 9.53 Å². The Morgan fingerprint density at radius 1 is 1.17 bits per heavy atom. The van der Waals surface area contributed by atoms with E-state index in [1.807, 2.05) is 50.4 Å². The van der Waals surface area contributed by atoms with E-state index in [2.05, 4.69) is 45.2 Å². The number of hydrogen-bond acceptors (Lipinski definition) is 6. The summed E-state index contributed by atoms with van der Waals surface area (Å²) in [5.74, 6) is 0.889. The summed E-state index contributed by atoms with van der Waals surface area (Å²) < 4.78 is 5.38. The van der Waals surface area contributed by atoms with Gasteiger partial charge in [0.25, 0.3) is 0 Å². The highest BCUT2D eigenvalue weighted by Gasteiger charge is 2.34. The number of carbonyl (C=O) groups is 1. The lowest BCUT2D eigenvalue weighted by Gasteiger charge is -2.43. The van der Waals surface area contributed by atoms with Crippen molar-refractivity contribution in [1.82, 2.24) is 15.1 Å². The first-order valence-electron chi connectivity index (χ1n) is 12.4. The van der Waals surface area contributed by atoms with Gasteiger partial charge in [0.2, 0.25) is 5.91 Å². The largest absolute Gasteiger partial charge is 0.496 e. The third-order valence-electron chi connectivity index (χ3n) is 6.71. The van der Waals surface area contributed by atoms with Crippen LogP contribution in [0.25, 0.3) is 5.76 Å². The third kappa shape index (κ3) is 7.29. The summed E-state index contributed by atoms with van der Waals surface area (Å²) in [4.78, 5) is 22.2. The molecule has 1 aliphatic rings. The highest BCUT2D eigenvalue weighted by Crippen LogP contribution is 2.20. The molecule has 7 nitrogen and oxygen atoms in total. The van der Waals surface area contributed by atoms with Gasteiger partial charge in [-0.25, -0.2) is 0 Å². The molecule has 1 aliphatic heterocycles. The zero-order valence-electron chi connectivity index (χ0n) is 21.9. The van der Waals surface area contributed by atoms with Gasteiger partial charge in [0.1, 0.15) is 11.8 Å². The predicted molar refractivity (Wildman–Crippen MR) is 147 cm³/mol. The van der Waals surface area contributed by atoms with E-state index in [0.717, 1.165) is 30.0 Å². The minimum Gasteiger partial charge on any atom is -0.496 e. The van der Waals surface area contributed by atoms with Crippen molar-refractivity contribution in [2.24, 2.45) is 10.7 Å². The Morgan fingerprint density at radius 2 is 1.89 bits per heavy atom. The number of likely N-dealkylation sites (N-methyl/N-ethyl adjacent to an activating group) is 1. The van der Waals surface area contributed by atoms with Gasteiger partial charge in [-0.2, -0.15) is 0 Å². The van der Waals surface area contributed by atoms with Crippen LogP contribution in [-0.2, 0) is 29.2 Å². The highest BCUT2D eigenvalue weighted by atomic mass is 16.5. The van der Waals surface area contributed by atoms with Crippen molar-refractivity contribution in [2.45, 2.75) is 45.6 Å². The minimum absolute atomic E-state index is 0.0515. The molecule has 1 heterocycles. The molecule has 1 saturated heterocycles. The number of aliphatic imine (C=N–C) groups is 1. The van der Waals surface area contributed by atoms with Gasteiger partial charge in [-0.15, -0.1) is 0 Å². The van der Waals surface area contributed by atoms with E-state index < -0.39 is 0 Å². The monoisotopic (exact) mass is 489 g/mol. The number of rotatable bonds is 10. The average Bonchev–Trinajstić information content (AvgIpc) is 2.89. The van der Waals surface area contributed by atoms with Gasteiger partial charge in [0.05, 0.1) is 13.7 Å². The van der Waals surface area contributed by atoms with Crippen LogP contribution in [0.4, 0.5) is 0 Å². The van der Waals surface area contributed by atoms with E-state index >= 15 is 0 Å². The number of carbonyl (C=O) groups excluding carboxylic acids is 1. The summed E-state index contributed by atoms with van der Waals surface area (Å²) in [6.45, 7) is 7.59. The first-order valence-corrected chi connectivity index (χ1v) is 12.4. The molecular weight excluding hydrogens is 450 g/mol. The molecule has 2 aromatic carbocycles. The lowest BCUT2D eigenvalue weighted by atomic mass is 10.0. The molecule has 192 valence electrons. The summed E-state index contributed by atoms with van der Waals surface area (Å²) in [5, 5.41) is 3.14. The number of benzene rings is 2. The van der Waals surface area contributed by atoms with E-state index in [4.69, 9.17) is 10.5 Å². The van der Waals surface area contributed by atoms with Crippen LogP contribution in [0.1, 0.15) is 36.1 Å². The minimum atomic E-state index is -0.212. The van der Waals surface area contributed by atoms with E-state index in [9.17, 15) is 4.79 Å². The lowest BCUT2D eigenvalue weighted by Crippen LogP contribution is -2.60. The normalized spacial score (nSPS) is 19.7. The standard InChI is InChI=1S/C29H39N5O2/c1-5-28(36-4)24-13-11-23(12-14-24)17-32-29(35)27-21-34(19-22(2)33(27)3)20-26-10-7-6-9-25(26)18-31-16-8-15-30/h5-16,22,27H,17-21,30H2,1-4H3,(H,32,35)/b15-8-,28-5-,31-16?. The van der Waals surface area contributed by atoms with Crippen LogP contribution < -0.4 is 11.1 Å². The van der Waals surface area contributed by atoms with E-state index in [1.165, 1.54) is 17.3 Å². The smallest absolute Gasteiger partial charge is 0.238 e. The Morgan fingerprint density at radius 3 is 2.56 bits per heavy atom. The zero-order valence-corrected chi connectivity index (χ0v) is 21.9. The number of nitrogens with zero attached hydrogens (tertiary/aromatic N) is 3. The van der Waals surface area contributed by atoms with Gasteiger partial charge >= 0.3 is 0 Å². The Labute approximate surface area is 215 Å². The molecule has 1 fully saturated rings. The fourth-order valence-corrected chi connectivity index (χ4v) is 4.52. The van der Waals surface area contributed by atoms with Crippen LogP contribution in [0.3, 0.4) is 0 Å². The fourth-order valence-electron chi connectivity index (χ4n) is 4.52. The maximum absolute atomic E-state index is 13.2. The number of ether oxygens (including phenoxy) is 1. The first-order chi connectivity index (χ1) is 17.5. The molecule has 1 amide bonds. The fraction of sp³-hybridized carbons (Fsp3) is 0.379. The van der Waals surface area contributed by atoms with Gasteiger partial charge in [-0.1, -0.05) is 48.5 Å². The Bertz CT molecular complexity index is 1080. The molecule has 0 aliphatic carbocycles. The summed E-state index contributed by atoms with van der Waals surface area (Å²) >= 11 is 0. The maximum atomic E-state index is 13.2. The van der Waals surface area contributed by atoms with E-state index in [0.29, 0.717) is 19.6 Å². The second-order valence-electron chi connectivity index (χ2n) is 9.14. The van der Waals surface area contributed by atoms with Crippen LogP contribution in [0.15, 0.2) is 71.9 Å². The Kier molecular flexibility index (Phi) is 10.3. The molecule has 7 heteroatoms. The zero-order chi connectivity index (χ0) is 25.9. The van der Waals surface area contributed by atoms with Gasteiger partial charge in [0.15, 0.2) is 0 Å². The molecule has 0 aromatic heterocycles. The third-order valence-corrected chi connectivity index (χ3v) is 6.71. The topological polar surface area (TPSA) is 83.2 Å². The molecule has 0 saturated carbocycles. The highest BCUT2D eigenvalue weighted by molar-refractivity contribution is 5.82. The summed E-state index contributed by atoms with van der Waals surface area (Å²) in [7, 11) is 3.71. The van der Waals surface area contributed by atoms with Gasteiger partial charge in [-0.3, -0.25) is 19.6 Å². The van der Waals surface area contributed by atoms with Gasteiger partial charge < -0.3 is 15.8 Å². The van der Waals surface area contributed by atoms with Crippen LogP contribution >= 0.6 is 0 Å². The van der Waals surface area contributed by atoms with Gasteiger partial charge in [-0.05, 0) is 55.9 Å². The molecule has 0 bridgehead atoms. The van der Waals surface area contributed by atoms with E-state index in [1.54, 1.807) is 19.4 Å². The molecule has 0 radical (unpaired) electrons. The number of methoxy groups -OCH3 is 1. The van der Waals surface area contributed by atoms with Crippen LogP contribution in [-0.4, -0.2) is 61.3 Å². The quantitative estimate of drug-likeness (QED) is 0.394. The second kappa shape index (κ2) is 13.6. The molecule has 2 aromatic rings. The van der Waals surface area contributed by atoms with Crippen molar-refractivity contribution in [3.05, 3.63) is 89.1 Å². The average molecular weight is 490 g/mol. The van der Waals surface area contributed by atoms with Crippen molar-refractivity contribution in [3.63, 3.8) is 0 Å². The summed E-state index contributed by atoms with van der Waals surface area (Å²) in [5.41, 5.74) is 9.88. The lowest BCUT2D eigenvalue weighted by molar-refractivity contribution is -0.130. The SMILES string of the molecule is C/C=C(\OC)c1ccc(CNC(=O)C2CN(Cc3ccccc3CN=C/C=C\N)CC(C)N2C)cc1. The molecule has 2 atom stereocenters. The molecule has 3 rings (SSSR count). The number of nitrogens with one attached hydrogen (secondary N) is 1. The van der Waals surface area contributed by atoms with Crippen molar-refractivity contribution >= 4 is 17.9 Å². The molecular formula is C29H39N5O2. The van der Waals surface area contributed by atoms with Crippen LogP contribution in [0.5, 0.6) is 0 Å². The number of allylic oxidation sites excluding steroid dienone is 2. The maximum Gasteiger partial charge on any atom is 0.238 e. The number of nitrogens with two attached hydrogens (primary N) is 1. The molecule has 3 N–H and O–H groups in total. The summed E-state index contributed by atoms with van der Waals surface area (Å²) in [6, 6.07) is 16.5. The van der Waals surface area contributed by atoms with Crippen LogP contribution in [0, 0.1) is 0 Å².